The van der Waals surface area contributed by atoms with Gasteiger partial charge < -0.3 is 30.0 Å². The fourth-order valence-electron chi connectivity index (χ4n) is 5.15. The number of hydrogen-bond acceptors (Lipinski definition) is 15. The minimum Gasteiger partial charge on any atom is -0.382 e. The number of phosphoric ester groups is 2. The highest BCUT2D eigenvalue weighted by molar-refractivity contribution is 7.47. The van der Waals surface area contributed by atoms with Gasteiger partial charge in [0.1, 0.15) is 42.5 Å². The summed E-state index contributed by atoms with van der Waals surface area (Å²) in [5.41, 5.74) is 5.66. The Morgan fingerprint density at radius 2 is 1.60 bits per heavy atom. The van der Waals surface area contributed by atoms with Crippen molar-refractivity contribution >= 4 is 43.8 Å². The van der Waals surface area contributed by atoms with Crippen LogP contribution in [0.4, 0.5) is 10.2 Å². The highest BCUT2D eigenvalue weighted by Crippen LogP contribution is 2.54. The van der Waals surface area contributed by atoms with Gasteiger partial charge in [0, 0.05) is 6.42 Å². The van der Waals surface area contributed by atoms with Crippen molar-refractivity contribution in [3.05, 3.63) is 35.7 Å². The lowest BCUT2D eigenvalue weighted by Crippen LogP contribution is -2.32. The molecule has 3 aliphatic heterocycles. The van der Waals surface area contributed by atoms with Gasteiger partial charge in [-0.15, -0.1) is 0 Å². The predicted octanol–water partition coefficient (Wildman–Crippen LogP) is 0.0827. The van der Waals surface area contributed by atoms with Crippen molar-refractivity contribution in [1.29, 1.82) is 0 Å². The van der Waals surface area contributed by atoms with Crippen LogP contribution in [0.15, 0.2) is 30.1 Å². The largest absolute Gasteiger partial charge is 0.472 e. The number of rotatable bonds is 2. The predicted molar refractivity (Wildman–Crippen MR) is 137 cm³/mol. The lowest BCUT2D eigenvalue weighted by molar-refractivity contribution is -0.0668. The Morgan fingerprint density at radius 1 is 0.907 bits per heavy atom. The summed E-state index contributed by atoms with van der Waals surface area (Å²) in [5.74, 6) is 0.114. The molecule has 3 aliphatic rings. The molecular formula is C20H22FN9O11P2. The Hall–Kier alpha value is -3.23. The summed E-state index contributed by atoms with van der Waals surface area (Å²) < 4.78 is 76.7. The number of aromatic nitrogens is 8. The number of anilines is 1. The number of nitrogens with one attached hydrogen (secondary N) is 1. The molecule has 9 atom stereocenters. The number of ether oxygens (including phenoxy) is 2. The van der Waals surface area contributed by atoms with Gasteiger partial charge in [0.15, 0.2) is 35.0 Å². The lowest BCUT2D eigenvalue weighted by atomic mass is 10.1. The molecule has 3 fully saturated rings. The number of alkyl halides is 1. The number of nitrogen functional groups attached to an aromatic ring is 1. The Balaban J connectivity index is 1.18. The maximum Gasteiger partial charge on any atom is 0.472 e. The first-order chi connectivity index (χ1) is 20.5. The van der Waals surface area contributed by atoms with Crippen molar-refractivity contribution < 1.29 is 50.9 Å². The van der Waals surface area contributed by atoms with Crippen LogP contribution in [0.25, 0.3) is 22.3 Å². The van der Waals surface area contributed by atoms with Crippen LogP contribution in [0.5, 0.6) is 0 Å². The Bertz CT molecular complexity index is 1850. The summed E-state index contributed by atoms with van der Waals surface area (Å²) in [6.07, 6.45) is -5.76. The second-order valence-corrected chi connectivity index (χ2v) is 12.6. The fourth-order valence-corrected chi connectivity index (χ4v) is 7.03. The van der Waals surface area contributed by atoms with Crippen LogP contribution >= 0.6 is 15.6 Å². The van der Waals surface area contributed by atoms with Gasteiger partial charge in [-0.25, -0.2) is 38.4 Å². The smallest absolute Gasteiger partial charge is 0.382 e. The minimum atomic E-state index is -5.06. The molecule has 0 amide bonds. The SMILES string of the molecule is Nc1ncnc2c1ncn2[C@H]1C[C@@H]2OP(=O)(O)OC[C@H]3O[C@@H](n4cnc5c(=O)[nH]cnc54)[C@H](OP(=O)(O)OC[C@H]2O1)[C@H]3F. The highest BCUT2D eigenvalue weighted by Gasteiger charge is 2.53. The van der Waals surface area contributed by atoms with E-state index in [1.165, 1.54) is 17.2 Å². The first-order valence-corrected chi connectivity index (χ1v) is 15.6. The topological polar surface area (TPSA) is 263 Å². The van der Waals surface area contributed by atoms with E-state index in [0.29, 0.717) is 5.65 Å². The van der Waals surface area contributed by atoms with E-state index in [2.05, 4.69) is 29.9 Å². The van der Waals surface area contributed by atoms with Crippen LogP contribution < -0.4 is 11.3 Å². The molecule has 0 aliphatic carbocycles. The molecule has 0 saturated carbocycles. The van der Waals surface area contributed by atoms with Gasteiger partial charge in [-0.1, -0.05) is 0 Å². The summed E-state index contributed by atoms with van der Waals surface area (Å²) in [4.78, 5) is 55.7. The van der Waals surface area contributed by atoms with Gasteiger partial charge in [-0.3, -0.25) is 32.0 Å². The standard InChI is InChI=1S/C20H22FN9O11P2/c21-12-10-3-37-42(32,33)40-8-1-11(29-6-27-13-16(22)23-4-24-17(13)29)38-9(8)2-36-43(34,35)41-15(12)20(39-10)30-7-28-14-18(30)25-5-26-19(14)31/h4-12,15,20H,1-3H2,(H,32,33)(H,34,35)(H2,22,23,24)(H,25,26,31)/t8-,9+,10+,11+,12-,15+,20+/m0/s1. The van der Waals surface area contributed by atoms with Gasteiger partial charge in [-0.05, 0) is 0 Å². The summed E-state index contributed by atoms with van der Waals surface area (Å²) in [6, 6.07) is 0. The van der Waals surface area contributed by atoms with Crippen molar-refractivity contribution in [1.82, 2.24) is 39.0 Å². The first-order valence-electron chi connectivity index (χ1n) is 12.6. The molecule has 43 heavy (non-hydrogen) atoms. The van der Waals surface area contributed by atoms with Crippen molar-refractivity contribution in [2.75, 3.05) is 18.9 Å². The Kier molecular flexibility index (Phi) is 6.93. The zero-order valence-corrected chi connectivity index (χ0v) is 23.3. The third kappa shape index (κ3) is 5.16. The molecular weight excluding hydrogens is 623 g/mol. The van der Waals surface area contributed by atoms with E-state index >= 15 is 4.39 Å². The molecule has 2 bridgehead atoms. The van der Waals surface area contributed by atoms with E-state index in [1.54, 1.807) is 0 Å². The third-order valence-electron chi connectivity index (χ3n) is 7.11. The monoisotopic (exact) mass is 645 g/mol. The van der Waals surface area contributed by atoms with E-state index in [4.69, 9.17) is 33.3 Å². The van der Waals surface area contributed by atoms with Gasteiger partial charge in [-0.2, -0.15) is 0 Å². The van der Waals surface area contributed by atoms with Crippen LogP contribution in [0.3, 0.4) is 0 Å². The Labute approximate surface area is 238 Å². The van der Waals surface area contributed by atoms with E-state index in [-0.39, 0.29) is 28.9 Å². The van der Waals surface area contributed by atoms with Gasteiger partial charge in [0.05, 0.1) is 32.2 Å². The van der Waals surface area contributed by atoms with Crippen molar-refractivity contribution in [2.45, 2.75) is 49.5 Å². The van der Waals surface area contributed by atoms with Crippen molar-refractivity contribution in [3.63, 3.8) is 0 Å². The van der Waals surface area contributed by atoms with Gasteiger partial charge in [0.25, 0.3) is 5.56 Å². The van der Waals surface area contributed by atoms with Gasteiger partial charge in [0.2, 0.25) is 0 Å². The molecule has 4 aromatic rings. The average Bonchev–Trinajstić information content (AvgIpc) is 3.72. The number of H-pyrrole nitrogens is 1. The molecule has 4 aromatic heterocycles. The second-order valence-electron chi connectivity index (χ2n) is 9.76. The molecule has 2 unspecified atom stereocenters. The van der Waals surface area contributed by atoms with Crippen LogP contribution in [-0.2, 0) is 36.7 Å². The summed E-state index contributed by atoms with van der Waals surface area (Å²) >= 11 is 0. The summed E-state index contributed by atoms with van der Waals surface area (Å²) in [7, 11) is -9.96. The zero-order valence-electron chi connectivity index (χ0n) is 21.5. The maximum atomic E-state index is 15.6. The molecule has 3 saturated heterocycles. The maximum absolute atomic E-state index is 15.6. The number of nitrogens with two attached hydrogens (primary N) is 1. The minimum absolute atomic E-state index is 0.0469. The van der Waals surface area contributed by atoms with Crippen LogP contribution in [-0.4, -0.2) is 92.6 Å². The van der Waals surface area contributed by atoms with E-state index < -0.39 is 77.5 Å². The number of nitrogens with zero attached hydrogens (tertiary/aromatic N) is 7. The molecule has 5 N–H and O–H groups in total. The number of imidazole rings is 2. The Morgan fingerprint density at radius 3 is 2.42 bits per heavy atom. The van der Waals surface area contributed by atoms with E-state index in [0.717, 1.165) is 17.2 Å². The van der Waals surface area contributed by atoms with Crippen LogP contribution in [0.2, 0.25) is 0 Å². The normalized spacial score (nSPS) is 37.1. The number of halogens is 1. The molecule has 0 radical (unpaired) electrons. The summed E-state index contributed by atoms with van der Waals surface area (Å²) in [5, 5.41) is 0. The van der Waals surface area contributed by atoms with Crippen molar-refractivity contribution in [3.8, 4) is 0 Å². The molecule has 20 nitrogen and oxygen atoms in total. The summed E-state index contributed by atoms with van der Waals surface area (Å²) in [6.45, 7) is -1.52. The van der Waals surface area contributed by atoms with Crippen molar-refractivity contribution in [2.24, 2.45) is 0 Å². The lowest BCUT2D eigenvalue weighted by Gasteiger charge is -2.25. The molecule has 7 heterocycles. The quantitative estimate of drug-likeness (QED) is 0.210. The number of aromatic amines is 1. The fraction of sp³-hybridized carbons (Fsp3) is 0.500. The van der Waals surface area contributed by atoms with E-state index in [1.807, 2.05) is 0 Å². The number of hydrogen-bond donors (Lipinski definition) is 4. The van der Waals surface area contributed by atoms with E-state index in [9.17, 15) is 23.7 Å². The number of phosphoric acid groups is 2. The molecule has 23 heteroatoms. The zero-order chi connectivity index (χ0) is 30.1. The first kappa shape index (κ1) is 28.5. The molecule has 7 rings (SSSR count). The third-order valence-corrected chi connectivity index (χ3v) is 9.11. The second kappa shape index (κ2) is 10.4. The molecule has 0 aromatic carbocycles. The number of fused-ring (bicyclic) bond motifs is 5. The highest BCUT2D eigenvalue weighted by atomic mass is 31.2. The molecule has 0 spiro atoms. The van der Waals surface area contributed by atoms with Crippen LogP contribution in [0, 0.1) is 0 Å². The molecule has 230 valence electrons. The van der Waals surface area contributed by atoms with Gasteiger partial charge >= 0.3 is 15.6 Å². The van der Waals surface area contributed by atoms with Crippen LogP contribution in [0.1, 0.15) is 18.9 Å². The average molecular weight is 645 g/mol.